The molecule has 1 N–H and O–H groups in total. The number of benzene rings is 2. The Balaban J connectivity index is 1.66. The molecular weight excluding hydrogens is 404 g/mol. The molecule has 7 nitrogen and oxygen atoms in total. The molecule has 0 saturated carbocycles. The Hall–Kier alpha value is -3.23. The molecule has 2 aromatic carbocycles. The molecule has 0 spiro atoms. The third-order valence-electron chi connectivity index (χ3n) is 4.86. The summed E-state index contributed by atoms with van der Waals surface area (Å²) < 4.78 is 12.6. The number of carboxylic acid groups (broad SMARTS) is 1. The zero-order valence-corrected chi connectivity index (χ0v) is 17.1. The van der Waals surface area contributed by atoms with Gasteiger partial charge >= 0.3 is 5.97 Å². The van der Waals surface area contributed by atoms with E-state index in [1.165, 1.54) is 9.95 Å². The zero-order chi connectivity index (χ0) is 21.1. The summed E-state index contributed by atoms with van der Waals surface area (Å²) in [5.41, 5.74) is -0.388. The second kappa shape index (κ2) is 8.64. The normalized spacial score (nSPS) is 11.2. The maximum Gasteiger partial charge on any atom is 0.337 e. The van der Waals surface area contributed by atoms with E-state index in [1.54, 1.807) is 7.11 Å². The lowest BCUT2D eigenvalue weighted by Crippen LogP contribution is -2.29. The van der Waals surface area contributed by atoms with Gasteiger partial charge in [-0.1, -0.05) is 36.4 Å². The highest BCUT2D eigenvalue weighted by molar-refractivity contribution is 7.17. The third-order valence-corrected chi connectivity index (χ3v) is 5.73. The van der Waals surface area contributed by atoms with Gasteiger partial charge in [0.05, 0.1) is 24.1 Å². The first-order chi connectivity index (χ1) is 14.6. The van der Waals surface area contributed by atoms with Gasteiger partial charge in [0.2, 0.25) is 0 Å². The molecule has 30 heavy (non-hydrogen) atoms. The number of rotatable bonds is 8. The summed E-state index contributed by atoms with van der Waals surface area (Å²) in [6.45, 7) is 0.895. The van der Waals surface area contributed by atoms with Crippen LogP contribution in [0.4, 0.5) is 0 Å². The fourth-order valence-electron chi connectivity index (χ4n) is 3.41. The van der Waals surface area contributed by atoms with Crippen molar-refractivity contribution in [3.05, 3.63) is 69.6 Å². The van der Waals surface area contributed by atoms with E-state index < -0.39 is 5.97 Å². The van der Waals surface area contributed by atoms with Crippen LogP contribution in [-0.4, -0.2) is 41.0 Å². The molecule has 154 valence electrons. The number of thiophene rings is 1. The van der Waals surface area contributed by atoms with Crippen molar-refractivity contribution in [2.24, 2.45) is 0 Å². The maximum atomic E-state index is 13.1. The van der Waals surface area contributed by atoms with Crippen LogP contribution in [0.25, 0.3) is 21.0 Å². The van der Waals surface area contributed by atoms with Gasteiger partial charge in [-0.15, -0.1) is 11.3 Å². The van der Waals surface area contributed by atoms with Gasteiger partial charge in [0, 0.05) is 24.3 Å². The molecule has 2 heterocycles. The molecule has 4 rings (SSSR count). The number of aromatic carboxylic acids is 1. The van der Waals surface area contributed by atoms with Crippen molar-refractivity contribution in [1.82, 2.24) is 9.55 Å². The Labute approximate surface area is 176 Å². The molecular formula is C22H20N2O5S. The van der Waals surface area contributed by atoms with Crippen LogP contribution in [0, 0.1) is 0 Å². The lowest BCUT2D eigenvalue weighted by atomic mass is 10.1. The summed E-state index contributed by atoms with van der Waals surface area (Å²) >= 11 is 1.16. The molecule has 0 amide bonds. The molecule has 8 heteroatoms. The second-order valence-electron chi connectivity index (χ2n) is 6.69. The molecule has 0 unspecified atom stereocenters. The summed E-state index contributed by atoms with van der Waals surface area (Å²) in [5.74, 6) is 0.147. The van der Waals surface area contributed by atoms with Gasteiger partial charge in [0.25, 0.3) is 5.56 Å². The number of fused-ring (bicyclic) bond motifs is 2. The Bertz CT molecular complexity index is 1270. The predicted molar refractivity (Wildman–Crippen MR) is 116 cm³/mol. The van der Waals surface area contributed by atoms with Crippen LogP contribution in [0.3, 0.4) is 0 Å². The van der Waals surface area contributed by atoms with Gasteiger partial charge in [0.1, 0.15) is 23.0 Å². The average Bonchev–Trinajstić information content (AvgIpc) is 3.18. The Morgan fingerprint density at radius 1 is 1.17 bits per heavy atom. The number of nitrogens with zero attached hydrogens (tertiary/aromatic N) is 2. The Kier molecular flexibility index (Phi) is 5.78. The zero-order valence-electron chi connectivity index (χ0n) is 16.3. The summed E-state index contributed by atoms with van der Waals surface area (Å²) in [6, 6.07) is 13.7. The van der Waals surface area contributed by atoms with Crippen LogP contribution in [0.1, 0.15) is 16.2 Å². The highest BCUT2D eigenvalue weighted by Crippen LogP contribution is 2.25. The molecule has 0 saturated heterocycles. The second-order valence-corrected chi connectivity index (χ2v) is 7.55. The quantitative estimate of drug-likeness (QED) is 0.465. The highest BCUT2D eigenvalue weighted by Gasteiger charge is 2.19. The number of aromatic nitrogens is 2. The molecule has 0 bridgehead atoms. The first-order valence-electron chi connectivity index (χ1n) is 9.44. The molecule has 0 aliphatic heterocycles. The van der Waals surface area contributed by atoms with E-state index in [4.69, 9.17) is 9.47 Å². The predicted octanol–water partition coefficient (Wildman–Crippen LogP) is 3.58. The minimum absolute atomic E-state index is 0.0190. The van der Waals surface area contributed by atoms with Gasteiger partial charge < -0.3 is 14.6 Å². The molecule has 0 radical (unpaired) electrons. The largest absolute Gasteiger partial charge is 0.491 e. The SMILES string of the molecule is COCCc1nc2scc(C(=O)O)c2c(=O)n1CCOc1cccc2ccccc12. The van der Waals surface area contributed by atoms with E-state index in [0.29, 0.717) is 23.7 Å². The van der Waals surface area contributed by atoms with E-state index in [-0.39, 0.29) is 29.7 Å². The van der Waals surface area contributed by atoms with E-state index in [1.807, 2.05) is 42.5 Å². The van der Waals surface area contributed by atoms with Crippen LogP contribution in [0.2, 0.25) is 0 Å². The minimum Gasteiger partial charge on any atom is -0.491 e. The smallest absolute Gasteiger partial charge is 0.337 e. The summed E-state index contributed by atoms with van der Waals surface area (Å²) in [6.07, 6.45) is 0.441. The van der Waals surface area contributed by atoms with Crippen molar-refractivity contribution in [3.8, 4) is 5.75 Å². The van der Waals surface area contributed by atoms with Crippen molar-refractivity contribution in [2.45, 2.75) is 13.0 Å². The van der Waals surface area contributed by atoms with Crippen molar-refractivity contribution >= 4 is 38.3 Å². The van der Waals surface area contributed by atoms with Crippen molar-refractivity contribution in [1.29, 1.82) is 0 Å². The third kappa shape index (κ3) is 3.79. The van der Waals surface area contributed by atoms with Crippen LogP contribution in [-0.2, 0) is 17.7 Å². The first-order valence-corrected chi connectivity index (χ1v) is 10.3. The van der Waals surface area contributed by atoms with Crippen LogP contribution < -0.4 is 10.3 Å². The minimum atomic E-state index is -1.14. The standard InChI is InChI=1S/C22H20N2O5S/c1-28-11-9-18-23-20-19(16(13-30-20)22(26)27)21(25)24(18)10-12-29-17-8-4-6-14-5-2-3-7-15(14)17/h2-8,13H,9-12H2,1H3,(H,26,27). The van der Waals surface area contributed by atoms with Crippen LogP contribution >= 0.6 is 11.3 Å². The monoisotopic (exact) mass is 424 g/mol. The number of carboxylic acids is 1. The highest BCUT2D eigenvalue weighted by atomic mass is 32.1. The van der Waals surface area contributed by atoms with Crippen LogP contribution in [0.5, 0.6) is 5.75 Å². The van der Waals surface area contributed by atoms with Crippen molar-refractivity contribution in [3.63, 3.8) is 0 Å². The molecule has 4 aromatic rings. The van der Waals surface area contributed by atoms with Gasteiger partial charge in [0.15, 0.2) is 0 Å². The number of ether oxygens (including phenoxy) is 2. The van der Waals surface area contributed by atoms with E-state index in [9.17, 15) is 14.7 Å². The first kappa shape index (κ1) is 20.1. The van der Waals surface area contributed by atoms with E-state index in [0.717, 1.165) is 27.9 Å². The van der Waals surface area contributed by atoms with E-state index in [2.05, 4.69) is 4.98 Å². The number of hydrogen-bond acceptors (Lipinski definition) is 6. The molecule has 0 fully saturated rings. The van der Waals surface area contributed by atoms with Gasteiger partial charge in [-0.25, -0.2) is 9.78 Å². The lowest BCUT2D eigenvalue weighted by Gasteiger charge is -2.14. The summed E-state index contributed by atoms with van der Waals surface area (Å²) in [7, 11) is 1.58. The average molecular weight is 424 g/mol. The van der Waals surface area contributed by atoms with Gasteiger partial charge in [-0.05, 0) is 11.5 Å². The topological polar surface area (TPSA) is 90.7 Å². The number of methoxy groups -OCH3 is 1. The summed E-state index contributed by atoms with van der Waals surface area (Å²) in [4.78, 5) is 29.6. The van der Waals surface area contributed by atoms with E-state index >= 15 is 0 Å². The Morgan fingerprint density at radius 2 is 1.97 bits per heavy atom. The van der Waals surface area contributed by atoms with Crippen molar-refractivity contribution in [2.75, 3.05) is 20.3 Å². The van der Waals surface area contributed by atoms with Crippen LogP contribution in [0.15, 0.2) is 52.6 Å². The summed E-state index contributed by atoms with van der Waals surface area (Å²) in [5, 5.41) is 13.1. The van der Waals surface area contributed by atoms with Crippen molar-refractivity contribution < 1.29 is 19.4 Å². The fourth-order valence-corrected chi connectivity index (χ4v) is 4.33. The number of carbonyl (C=O) groups is 1. The Morgan fingerprint density at radius 3 is 2.77 bits per heavy atom. The van der Waals surface area contributed by atoms with Gasteiger partial charge in [-0.3, -0.25) is 9.36 Å². The molecule has 2 aromatic heterocycles. The number of hydrogen-bond donors (Lipinski definition) is 1. The van der Waals surface area contributed by atoms with Gasteiger partial charge in [-0.2, -0.15) is 0 Å². The lowest BCUT2D eigenvalue weighted by molar-refractivity contribution is 0.0699. The molecule has 0 atom stereocenters. The molecule has 0 aliphatic carbocycles. The maximum absolute atomic E-state index is 13.1. The molecule has 0 aliphatic rings. The fraction of sp³-hybridized carbons (Fsp3) is 0.227.